The number of nitrogens with zero attached hydrogens (tertiary/aromatic N) is 3. The molecule has 0 saturated heterocycles. The van der Waals surface area contributed by atoms with Crippen molar-refractivity contribution in [3.05, 3.63) is 111 Å². The second-order valence-corrected chi connectivity index (χ2v) is 11.2. The minimum absolute atomic E-state index is 0.0880. The zero-order valence-electron chi connectivity index (χ0n) is 21.6. The molecule has 2 N–H and O–H groups in total. The van der Waals surface area contributed by atoms with Gasteiger partial charge in [0, 0.05) is 29.5 Å². The fourth-order valence-electron chi connectivity index (χ4n) is 3.75. The number of halogens is 1. The molecule has 0 aliphatic carbocycles. The molecule has 1 amide bonds. The van der Waals surface area contributed by atoms with Crippen molar-refractivity contribution >= 4 is 39.0 Å². The van der Waals surface area contributed by atoms with Crippen LogP contribution in [0.2, 0.25) is 5.02 Å². The summed E-state index contributed by atoms with van der Waals surface area (Å²) in [5, 5.41) is 3.63. The molecular weight excluding hydrogens is 558 g/mol. The topological polar surface area (TPSA) is 141 Å². The molecule has 0 spiro atoms. The number of rotatable bonds is 10. The molecule has 0 aliphatic rings. The molecule has 40 heavy (non-hydrogen) atoms. The Morgan fingerprint density at radius 3 is 2.35 bits per heavy atom. The lowest BCUT2D eigenvalue weighted by Crippen LogP contribution is -2.44. The average molecular weight is 584 g/mol. The van der Waals surface area contributed by atoms with E-state index in [-0.39, 0.29) is 18.9 Å². The smallest absolute Gasteiger partial charge is 0.332 e. The van der Waals surface area contributed by atoms with Crippen LogP contribution in [0.25, 0.3) is 0 Å². The maximum atomic E-state index is 13.6. The van der Waals surface area contributed by atoms with Crippen molar-refractivity contribution < 1.29 is 17.9 Å². The summed E-state index contributed by atoms with van der Waals surface area (Å²) in [7, 11) is -3.80. The number of benzene rings is 2. The van der Waals surface area contributed by atoms with E-state index in [0.29, 0.717) is 22.2 Å². The minimum Gasteiger partial charge on any atom is -0.456 e. The van der Waals surface area contributed by atoms with E-state index < -0.39 is 33.1 Å². The van der Waals surface area contributed by atoms with Crippen molar-refractivity contribution in [2.24, 2.45) is 5.92 Å². The van der Waals surface area contributed by atoms with Crippen LogP contribution in [0.1, 0.15) is 12.5 Å². The van der Waals surface area contributed by atoms with Crippen LogP contribution < -0.4 is 26.0 Å². The van der Waals surface area contributed by atoms with Crippen molar-refractivity contribution in [2.45, 2.75) is 20.0 Å². The van der Waals surface area contributed by atoms with E-state index in [0.717, 1.165) is 16.4 Å². The van der Waals surface area contributed by atoms with Crippen LogP contribution in [0.3, 0.4) is 0 Å². The number of amides is 1. The van der Waals surface area contributed by atoms with Crippen molar-refractivity contribution in [3.8, 4) is 11.5 Å². The molecule has 4 rings (SSSR count). The van der Waals surface area contributed by atoms with Crippen LogP contribution in [0, 0.1) is 5.92 Å². The summed E-state index contributed by atoms with van der Waals surface area (Å²) in [6.07, 6.45) is 4.07. The highest BCUT2D eigenvalue weighted by Crippen LogP contribution is 2.24. The Hall–Kier alpha value is -4.42. The zero-order chi connectivity index (χ0) is 28.9. The summed E-state index contributed by atoms with van der Waals surface area (Å²) in [6.45, 7) is 1.20. The summed E-state index contributed by atoms with van der Waals surface area (Å²) in [5.41, 5.74) is -0.0143. The number of carbonyl (C=O) groups excluding carboxylic acids is 1. The van der Waals surface area contributed by atoms with Crippen LogP contribution in [-0.2, 0) is 27.9 Å². The third-order valence-corrected chi connectivity index (χ3v) is 6.54. The molecule has 0 bridgehead atoms. The first-order valence-electron chi connectivity index (χ1n) is 12.0. The van der Waals surface area contributed by atoms with Gasteiger partial charge in [0.15, 0.2) is 0 Å². The molecule has 11 nitrogen and oxygen atoms in total. The fourth-order valence-corrected chi connectivity index (χ4v) is 4.44. The van der Waals surface area contributed by atoms with E-state index in [4.69, 9.17) is 16.3 Å². The number of nitrogens with one attached hydrogen (secondary N) is 2. The highest BCUT2D eigenvalue weighted by atomic mass is 35.5. The molecule has 13 heteroatoms. The number of anilines is 2. The summed E-state index contributed by atoms with van der Waals surface area (Å²) >= 11 is 6.01. The van der Waals surface area contributed by atoms with Gasteiger partial charge in [0.2, 0.25) is 15.9 Å². The van der Waals surface area contributed by atoms with Gasteiger partial charge in [0.25, 0.3) is 5.56 Å². The van der Waals surface area contributed by atoms with Crippen LogP contribution in [0.15, 0.2) is 88.7 Å². The maximum Gasteiger partial charge on any atom is 0.332 e. The van der Waals surface area contributed by atoms with Crippen LogP contribution in [0.5, 0.6) is 11.5 Å². The van der Waals surface area contributed by atoms with Crippen LogP contribution in [-0.4, -0.2) is 34.7 Å². The monoisotopic (exact) mass is 583 g/mol. The second kappa shape index (κ2) is 12.2. The second-order valence-electron chi connectivity index (χ2n) is 9.05. The van der Waals surface area contributed by atoms with Gasteiger partial charge in [0.1, 0.15) is 17.3 Å². The number of hydrogen-bond acceptors (Lipinski definition) is 8. The molecule has 0 radical (unpaired) electrons. The summed E-state index contributed by atoms with van der Waals surface area (Å²) in [6, 6.07) is 18.5. The molecule has 0 fully saturated rings. The molecule has 2 heterocycles. The Kier molecular flexibility index (Phi) is 8.70. The molecular formula is C27H26ClN5O6S. The molecule has 0 saturated carbocycles. The first-order valence-corrected chi connectivity index (χ1v) is 14.3. The first kappa shape index (κ1) is 28.6. The average Bonchev–Trinajstić information content (AvgIpc) is 2.90. The third kappa shape index (κ3) is 7.58. The van der Waals surface area contributed by atoms with Crippen molar-refractivity contribution in [1.82, 2.24) is 18.8 Å². The first-order chi connectivity index (χ1) is 19.0. The Bertz CT molecular complexity index is 1720. The summed E-state index contributed by atoms with van der Waals surface area (Å²) in [4.78, 5) is 42.9. The minimum atomic E-state index is -3.80. The van der Waals surface area contributed by atoms with Gasteiger partial charge in [-0.1, -0.05) is 30.7 Å². The maximum absolute atomic E-state index is 13.6. The summed E-state index contributed by atoms with van der Waals surface area (Å²) < 4.78 is 32.8. The van der Waals surface area contributed by atoms with Gasteiger partial charge < -0.3 is 10.1 Å². The van der Waals surface area contributed by atoms with E-state index >= 15 is 0 Å². The van der Waals surface area contributed by atoms with E-state index in [9.17, 15) is 22.8 Å². The Labute approximate surface area is 235 Å². The van der Waals surface area contributed by atoms with E-state index in [1.54, 1.807) is 73.1 Å². The largest absolute Gasteiger partial charge is 0.456 e. The van der Waals surface area contributed by atoms with Crippen LogP contribution in [0.4, 0.5) is 11.5 Å². The Balaban J connectivity index is 1.65. The number of sulfonamides is 1. The molecule has 0 aliphatic heterocycles. The normalized spacial score (nSPS) is 12.0. The third-order valence-electron chi connectivity index (χ3n) is 5.72. The van der Waals surface area contributed by atoms with Gasteiger partial charge >= 0.3 is 5.69 Å². The lowest BCUT2D eigenvalue weighted by atomic mass is 10.1. The van der Waals surface area contributed by atoms with E-state index in [1.807, 2.05) is 4.72 Å². The number of carbonyl (C=O) groups is 1. The molecule has 2 aromatic heterocycles. The Morgan fingerprint density at radius 2 is 1.73 bits per heavy atom. The number of aromatic nitrogens is 3. The van der Waals surface area contributed by atoms with Gasteiger partial charge in [-0.25, -0.2) is 13.2 Å². The highest BCUT2D eigenvalue weighted by molar-refractivity contribution is 7.89. The molecule has 1 atom stereocenters. The van der Waals surface area contributed by atoms with Crippen molar-refractivity contribution in [3.63, 3.8) is 0 Å². The van der Waals surface area contributed by atoms with E-state index in [1.165, 1.54) is 17.6 Å². The Morgan fingerprint density at radius 1 is 1.02 bits per heavy atom. The number of pyridine rings is 1. The standard InChI is InChI=1S/C27H26ClN5O6S/c1-18(26(35)31-40(2,37)38)16-33-25(34)14-24(32(27(33)36)17-19-5-7-20(28)8-6-19)30-21-9-11-22(12-10-21)39-23-4-3-13-29-15-23/h3-15,18,30H,16-17H2,1-2H3,(H,31,35)/t18-/m0/s1. The van der Waals surface area contributed by atoms with Gasteiger partial charge in [-0.05, 0) is 54.1 Å². The number of hydrogen-bond donors (Lipinski definition) is 2. The molecule has 208 valence electrons. The van der Waals surface area contributed by atoms with Crippen molar-refractivity contribution in [2.75, 3.05) is 11.6 Å². The lowest BCUT2D eigenvalue weighted by Gasteiger charge is -2.18. The summed E-state index contributed by atoms with van der Waals surface area (Å²) in [5.74, 6) is -0.448. The van der Waals surface area contributed by atoms with Gasteiger partial charge in [-0.2, -0.15) is 0 Å². The SMILES string of the molecule is C[C@@H](Cn1c(=O)cc(Nc2ccc(Oc3cccnc3)cc2)n(Cc2ccc(Cl)cc2)c1=O)C(=O)NS(C)(=O)=O. The molecule has 2 aromatic carbocycles. The van der Waals surface area contributed by atoms with Gasteiger partial charge in [0.05, 0.1) is 24.9 Å². The predicted octanol–water partition coefficient (Wildman–Crippen LogP) is 3.35. The molecule has 0 unspecified atom stereocenters. The van der Waals surface area contributed by atoms with E-state index in [2.05, 4.69) is 10.3 Å². The van der Waals surface area contributed by atoms with Crippen molar-refractivity contribution in [1.29, 1.82) is 0 Å². The highest BCUT2D eigenvalue weighted by Gasteiger charge is 2.21. The quantitative estimate of drug-likeness (QED) is 0.289. The van der Waals surface area contributed by atoms with Crippen LogP contribution >= 0.6 is 11.6 Å². The van der Waals surface area contributed by atoms with Gasteiger partial charge in [-0.15, -0.1) is 0 Å². The zero-order valence-corrected chi connectivity index (χ0v) is 23.1. The van der Waals surface area contributed by atoms with Gasteiger partial charge in [-0.3, -0.25) is 28.4 Å². The fraction of sp³-hybridized carbons (Fsp3) is 0.185. The molecule has 4 aromatic rings. The predicted molar refractivity (Wildman–Crippen MR) is 152 cm³/mol. The number of ether oxygens (including phenoxy) is 1. The lowest BCUT2D eigenvalue weighted by molar-refractivity contribution is -0.123.